The van der Waals surface area contributed by atoms with Crippen molar-refractivity contribution >= 4 is 11.6 Å². The molecule has 2 aromatic rings. The predicted octanol–water partition coefficient (Wildman–Crippen LogP) is 3.77. The summed E-state index contributed by atoms with van der Waals surface area (Å²) in [4.78, 5) is 0. The molecule has 0 aliphatic rings. The van der Waals surface area contributed by atoms with Gasteiger partial charge in [-0.1, -0.05) is 41.9 Å². The molecule has 0 atom stereocenters. The maximum atomic E-state index is 13.3. The third-order valence-corrected chi connectivity index (χ3v) is 2.73. The molecule has 0 aromatic heterocycles. The number of hydrogen-bond donors (Lipinski definition) is 1. The van der Waals surface area contributed by atoms with Crippen molar-refractivity contribution in [2.45, 2.75) is 13.1 Å². The molecule has 0 radical (unpaired) electrons. The monoisotopic (exact) mass is 249 g/mol. The predicted molar refractivity (Wildman–Crippen MR) is 68.4 cm³/mol. The molecule has 0 heterocycles. The molecule has 88 valence electrons. The van der Waals surface area contributed by atoms with Gasteiger partial charge >= 0.3 is 0 Å². The molecular weight excluding hydrogens is 237 g/mol. The summed E-state index contributed by atoms with van der Waals surface area (Å²) >= 11 is 5.88. The van der Waals surface area contributed by atoms with Gasteiger partial charge in [0, 0.05) is 23.7 Å². The van der Waals surface area contributed by atoms with Gasteiger partial charge in [-0.3, -0.25) is 0 Å². The zero-order valence-electron chi connectivity index (χ0n) is 9.29. The van der Waals surface area contributed by atoms with Crippen molar-refractivity contribution in [3.8, 4) is 0 Å². The van der Waals surface area contributed by atoms with Crippen LogP contribution >= 0.6 is 11.6 Å². The molecule has 2 rings (SSSR count). The Morgan fingerprint density at radius 1 is 1.00 bits per heavy atom. The normalized spacial score (nSPS) is 10.5. The van der Waals surface area contributed by atoms with Crippen LogP contribution in [-0.4, -0.2) is 0 Å². The van der Waals surface area contributed by atoms with Gasteiger partial charge in [-0.25, -0.2) is 4.39 Å². The minimum Gasteiger partial charge on any atom is -0.309 e. The van der Waals surface area contributed by atoms with Crippen molar-refractivity contribution in [2.75, 3.05) is 0 Å². The lowest BCUT2D eigenvalue weighted by molar-refractivity contribution is 0.588. The van der Waals surface area contributed by atoms with Crippen LogP contribution in [0.15, 0.2) is 48.5 Å². The van der Waals surface area contributed by atoms with Crippen LogP contribution < -0.4 is 5.32 Å². The van der Waals surface area contributed by atoms with Crippen molar-refractivity contribution in [2.24, 2.45) is 0 Å². The maximum Gasteiger partial charge on any atom is 0.127 e. The van der Waals surface area contributed by atoms with Gasteiger partial charge in [0.1, 0.15) is 5.82 Å². The molecule has 3 heteroatoms. The van der Waals surface area contributed by atoms with E-state index >= 15 is 0 Å². The third-order valence-electron chi connectivity index (χ3n) is 2.49. The Labute approximate surface area is 105 Å². The van der Waals surface area contributed by atoms with Crippen LogP contribution in [-0.2, 0) is 13.1 Å². The number of halogens is 2. The fourth-order valence-corrected chi connectivity index (χ4v) is 1.84. The molecule has 0 bridgehead atoms. The van der Waals surface area contributed by atoms with E-state index in [1.165, 1.54) is 6.07 Å². The molecule has 0 fully saturated rings. The van der Waals surface area contributed by atoms with Crippen molar-refractivity contribution in [1.82, 2.24) is 5.32 Å². The van der Waals surface area contributed by atoms with E-state index < -0.39 is 0 Å². The van der Waals surface area contributed by atoms with E-state index in [0.29, 0.717) is 18.7 Å². The summed E-state index contributed by atoms with van der Waals surface area (Å²) in [6, 6.07) is 14.4. The highest BCUT2D eigenvalue weighted by molar-refractivity contribution is 6.30. The van der Waals surface area contributed by atoms with Gasteiger partial charge < -0.3 is 5.32 Å². The lowest BCUT2D eigenvalue weighted by Gasteiger charge is -2.06. The van der Waals surface area contributed by atoms with Crippen molar-refractivity contribution in [3.05, 3.63) is 70.5 Å². The largest absolute Gasteiger partial charge is 0.309 e. The average molecular weight is 250 g/mol. The van der Waals surface area contributed by atoms with E-state index in [4.69, 9.17) is 11.6 Å². The summed E-state index contributed by atoms with van der Waals surface area (Å²) in [6.45, 7) is 1.19. The highest BCUT2D eigenvalue weighted by Gasteiger charge is 2.00. The van der Waals surface area contributed by atoms with Gasteiger partial charge in [-0.15, -0.1) is 0 Å². The van der Waals surface area contributed by atoms with Crippen LogP contribution in [0.25, 0.3) is 0 Å². The van der Waals surface area contributed by atoms with Crippen LogP contribution in [0.4, 0.5) is 4.39 Å². The first-order valence-corrected chi connectivity index (χ1v) is 5.82. The first-order valence-electron chi connectivity index (χ1n) is 5.44. The molecule has 0 unspecified atom stereocenters. The molecule has 0 saturated heterocycles. The van der Waals surface area contributed by atoms with Crippen molar-refractivity contribution in [3.63, 3.8) is 0 Å². The van der Waals surface area contributed by atoms with E-state index in [1.807, 2.05) is 30.3 Å². The lowest BCUT2D eigenvalue weighted by Crippen LogP contribution is -2.13. The Hall–Kier alpha value is -1.38. The summed E-state index contributed by atoms with van der Waals surface area (Å²) in [6.07, 6.45) is 0. The first kappa shape index (κ1) is 12.1. The Balaban J connectivity index is 1.90. The summed E-state index contributed by atoms with van der Waals surface area (Å²) in [5.41, 5.74) is 1.77. The van der Waals surface area contributed by atoms with Crippen LogP contribution in [0.2, 0.25) is 5.02 Å². The Morgan fingerprint density at radius 2 is 1.82 bits per heavy atom. The van der Waals surface area contributed by atoms with Crippen LogP contribution in [0.3, 0.4) is 0 Å². The molecule has 0 aliphatic heterocycles. The summed E-state index contributed by atoms with van der Waals surface area (Å²) in [7, 11) is 0. The van der Waals surface area contributed by atoms with Gasteiger partial charge in [0.05, 0.1) is 0 Å². The van der Waals surface area contributed by atoms with Crippen LogP contribution in [0, 0.1) is 5.82 Å². The van der Waals surface area contributed by atoms with E-state index in [1.54, 1.807) is 12.1 Å². The smallest absolute Gasteiger partial charge is 0.127 e. The maximum absolute atomic E-state index is 13.3. The third kappa shape index (κ3) is 3.55. The fourth-order valence-electron chi connectivity index (χ4n) is 1.63. The van der Waals surface area contributed by atoms with Gasteiger partial charge in [0.2, 0.25) is 0 Å². The first-order chi connectivity index (χ1) is 8.25. The van der Waals surface area contributed by atoms with Gasteiger partial charge in [-0.05, 0) is 23.8 Å². The Morgan fingerprint density at radius 3 is 2.59 bits per heavy atom. The minimum atomic E-state index is -0.175. The summed E-state index contributed by atoms with van der Waals surface area (Å²) in [5, 5.41) is 3.91. The quantitative estimate of drug-likeness (QED) is 0.870. The molecule has 2 aromatic carbocycles. The highest BCUT2D eigenvalue weighted by Crippen LogP contribution is 2.11. The number of rotatable bonds is 4. The standard InChI is InChI=1S/C14H13ClFN/c15-13-6-3-4-11(8-13)9-17-10-12-5-1-2-7-14(12)16/h1-8,17H,9-10H2. The van der Waals surface area contributed by atoms with Crippen molar-refractivity contribution < 1.29 is 4.39 Å². The second-order valence-electron chi connectivity index (χ2n) is 3.82. The number of nitrogens with one attached hydrogen (secondary N) is 1. The molecule has 1 N–H and O–H groups in total. The Kier molecular flexibility index (Phi) is 4.13. The van der Waals surface area contributed by atoms with Gasteiger partial charge in [0.15, 0.2) is 0 Å². The van der Waals surface area contributed by atoms with Gasteiger partial charge in [-0.2, -0.15) is 0 Å². The van der Waals surface area contributed by atoms with Crippen LogP contribution in [0.1, 0.15) is 11.1 Å². The average Bonchev–Trinajstić information content (AvgIpc) is 2.32. The molecule has 0 saturated carbocycles. The zero-order valence-corrected chi connectivity index (χ0v) is 10.0. The Bertz CT molecular complexity index is 499. The second kappa shape index (κ2) is 5.80. The van der Waals surface area contributed by atoms with Crippen LogP contribution in [0.5, 0.6) is 0 Å². The van der Waals surface area contributed by atoms with E-state index in [9.17, 15) is 4.39 Å². The number of benzene rings is 2. The molecular formula is C14H13ClFN. The van der Waals surface area contributed by atoms with Gasteiger partial charge in [0.25, 0.3) is 0 Å². The molecule has 1 nitrogen and oxygen atoms in total. The van der Waals surface area contributed by atoms with E-state index in [-0.39, 0.29) is 5.82 Å². The zero-order chi connectivity index (χ0) is 12.1. The molecule has 0 aliphatic carbocycles. The van der Waals surface area contributed by atoms with Crippen molar-refractivity contribution in [1.29, 1.82) is 0 Å². The fraction of sp³-hybridized carbons (Fsp3) is 0.143. The summed E-state index contributed by atoms with van der Waals surface area (Å²) in [5.74, 6) is -0.175. The van der Waals surface area contributed by atoms with E-state index in [0.717, 1.165) is 10.6 Å². The second-order valence-corrected chi connectivity index (χ2v) is 4.26. The highest BCUT2D eigenvalue weighted by atomic mass is 35.5. The minimum absolute atomic E-state index is 0.175. The molecule has 0 amide bonds. The molecule has 17 heavy (non-hydrogen) atoms. The molecule has 0 spiro atoms. The topological polar surface area (TPSA) is 12.0 Å². The SMILES string of the molecule is Fc1ccccc1CNCc1cccc(Cl)c1. The van der Waals surface area contributed by atoms with E-state index in [2.05, 4.69) is 5.32 Å². The summed E-state index contributed by atoms with van der Waals surface area (Å²) < 4.78 is 13.3. The number of hydrogen-bond acceptors (Lipinski definition) is 1. The lowest BCUT2D eigenvalue weighted by atomic mass is 10.2.